The molecule has 0 radical (unpaired) electrons. The monoisotopic (exact) mass is 282 g/mol. The fourth-order valence-electron chi connectivity index (χ4n) is 2.28. The molecule has 21 heavy (non-hydrogen) atoms. The van der Waals surface area contributed by atoms with Gasteiger partial charge in [-0.2, -0.15) is 0 Å². The molecule has 3 rings (SSSR count). The van der Waals surface area contributed by atoms with E-state index in [-0.39, 0.29) is 5.56 Å². The second kappa shape index (κ2) is 5.76. The Morgan fingerprint density at radius 2 is 2.05 bits per heavy atom. The molecule has 106 valence electrons. The Kier molecular flexibility index (Phi) is 3.66. The van der Waals surface area contributed by atoms with Crippen LogP contribution in [0.3, 0.4) is 0 Å². The third-order valence-corrected chi connectivity index (χ3v) is 3.22. The van der Waals surface area contributed by atoms with E-state index in [2.05, 4.69) is 10.3 Å². The molecule has 0 aliphatic rings. The number of carboxylic acids is 1. The van der Waals surface area contributed by atoms with Crippen LogP contribution in [0.4, 0.5) is 0 Å². The standard InChI is InChI=1S/C16H14N2O3/c19-16(20)15-12-5-1-2-6-13(12)21-14(15)10-18-9-11-4-3-7-17-8-11/h1-8,18H,9-10H2,(H,19,20). The quantitative estimate of drug-likeness (QED) is 0.752. The smallest absolute Gasteiger partial charge is 0.339 e. The Hall–Kier alpha value is -2.66. The van der Waals surface area contributed by atoms with Crippen molar-refractivity contribution in [2.45, 2.75) is 13.1 Å². The van der Waals surface area contributed by atoms with Crippen LogP contribution in [0.15, 0.2) is 53.2 Å². The third kappa shape index (κ3) is 2.78. The summed E-state index contributed by atoms with van der Waals surface area (Å²) in [5.74, 6) is -0.536. The minimum absolute atomic E-state index is 0.226. The van der Waals surface area contributed by atoms with E-state index in [4.69, 9.17) is 4.42 Å². The number of aromatic nitrogens is 1. The molecule has 0 saturated heterocycles. The SMILES string of the molecule is O=C(O)c1c(CNCc2cccnc2)oc2ccccc12. The van der Waals surface area contributed by atoms with Crippen molar-refractivity contribution in [3.8, 4) is 0 Å². The van der Waals surface area contributed by atoms with Crippen molar-refractivity contribution in [3.63, 3.8) is 0 Å². The van der Waals surface area contributed by atoms with Gasteiger partial charge < -0.3 is 14.8 Å². The largest absolute Gasteiger partial charge is 0.478 e. The van der Waals surface area contributed by atoms with Crippen molar-refractivity contribution in [2.75, 3.05) is 0 Å². The first kappa shape index (κ1) is 13.3. The molecule has 0 fully saturated rings. The number of hydrogen-bond donors (Lipinski definition) is 2. The maximum absolute atomic E-state index is 11.4. The van der Waals surface area contributed by atoms with Gasteiger partial charge in [-0.25, -0.2) is 4.79 Å². The fraction of sp³-hybridized carbons (Fsp3) is 0.125. The average molecular weight is 282 g/mol. The summed E-state index contributed by atoms with van der Waals surface area (Å²) in [5, 5.41) is 13.2. The summed E-state index contributed by atoms with van der Waals surface area (Å²) in [6.07, 6.45) is 3.48. The number of pyridine rings is 1. The number of benzene rings is 1. The summed E-state index contributed by atoms with van der Waals surface area (Å²) in [6.45, 7) is 0.954. The molecule has 0 amide bonds. The van der Waals surface area contributed by atoms with Gasteiger partial charge in [0.25, 0.3) is 0 Å². The summed E-state index contributed by atoms with van der Waals surface area (Å²) < 4.78 is 5.64. The van der Waals surface area contributed by atoms with Gasteiger partial charge in [0, 0.05) is 24.3 Å². The van der Waals surface area contributed by atoms with Crippen molar-refractivity contribution in [1.82, 2.24) is 10.3 Å². The van der Waals surface area contributed by atoms with Crippen LogP contribution in [-0.2, 0) is 13.1 Å². The lowest BCUT2D eigenvalue weighted by Crippen LogP contribution is -2.14. The van der Waals surface area contributed by atoms with Gasteiger partial charge in [0.15, 0.2) is 0 Å². The highest BCUT2D eigenvalue weighted by atomic mass is 16.4. The highest BCUT2D eigenvalue weighted by molar-refractivity contribution is 6.03. The molecule has 0 unspecified atom stereocenters. The highest BCUT2D eigenvalue weighted by Crippen LogP contribution is 2.25. The van der Waals surface area contributed by atoms with E-state index in [9.17, 15) is 9.90 Å². The maximum Gasteiger partial charge on any atom is 0.339 e. The van der Waals surface area contributed by atoms with Crippen LogP contribution in [0.2, 0.25) is 0 Å². The fourth-order valence-corrected chi connectivity index (χ4v) is 2.28. The Morgan fingerprint density at radius 1 is 1.19 bits per heavy atom. The van der Waals surface area contributed by atoms with Crippen LogP contribution in [0.5, 0.6) is 0 Å². The van der Waals surface area contributed by atoms with E-state index in [0.29, 0.717) is 29.8 Å². The van der Waals surface area contributed by atoms with Crippen LogP contribution < -0.4 is 5.32 Å². The minimum atomic E-state index is -0.974. The Balaban J connectivity index is 1.80. The predicted molar refractivity (Wildman–Crippen MR) is 78.0 cm³/mol. The molecular formula is C16H14N2O3. The lowest BCUT2D eigenvalue weighted by atomic mass is 10.1. The molecule has 0 bridgehead atoms. The molecule has 3 aromatic rings. The van der Waals surface area contributed by atoms with Crippen molar-refractivity contribution in [2.24, 2.45) is 0 Å². The number of nitrogens with one attached hydrogen (secondary N) is 1. The number of aromatic carboxylic acids is 1. The molecule has 0 spiro atoms. The van der Waals surface area contributed by atoms with E-state index in [1.165, 1.54) is 0 Å². The molecule has 5 nitrogen and oxygen atoms in total. The number of carboxylic acid groups (broad SMARTS) is 1. The summed E-state index contributed by atoms with van der Waals surface area (Å²) in [6, 6.07) is 11.0. The molecular weight excluding hydrogens is 268 g/mol. The van der Waals surface area contributed by atoms with Gasteiger partial charge in [-0.15, -0.1) is 0 Å². The normalized spacial score (nSPS) is 10.9. The van der Waals surface area contributed by atoms with Crippen LogP contribution >= 0.6 is 0 Å². The first-order valence-electron chi connectivity index (χ1n) is 6.59. The van der Waals surface area contributed by atoms with Gasteiger partial charge in [0.1, 0.15) is 16.9 Å². The molecule has 0 aliphatic heterocycles. The topological polar surface area (TPSA) is 75.4 Å². The zero-order chi connectivity index (χ0) is 14.7. The third-order valence-electron chi connectivity index (χ3n) is 3.22. The van der Waals surface area contributed by atoms with Crippen molar-refractivity contribution in [1.29, 1.82) is 0 Å². The van der Waals surface area contributed by atoms with Gasteiger partial charge in [-0.05, 0) is 17.7 Å². The maximum atomic E-state index is 11.4. The second-order valence-electron chi connectivity index (χ2n) is 4.67. The average Bonchev–Trinajstić information content (AvgIpc) is 2.86. The van der Waals surface area contributed by atoms with Crippen molar-refractivity contribution < 1.29 is 14.3 Å². The number of hydrogen-bond acceptors (Lipinski definition) is 4. The van der Waals surface area contributed by atoms with Crippen molar-refractivity contribution >= 4 is 16.9 Å². The molecule has 2 heterocycles. The number of fused-ring (bicyclic) bond motifs is 1. The van der Waals surface area contributed by atoms with E-state index in [1.807, 2.05) is 18.2 Å². The number of carbonyl (C=O) groups is 1. The zero-order valence-corrected chi connectivity index (χ0v) is 11.2. The van der Waals surface area contributed by atoms with Gasteiger partial charge in [0.05, 0.1) is 6.54 Å². The molecule has 5 heteroatoms. The van der Waals surface area contributed by atoms with Gasteiger partial charge in [-0.3, -0.25) is 4.98 Å². The summed E-state index contributed by atoms with van der Waals surface area (Å²) >= 11 is 0. The molecule has 2 aromatic heterocycles. The molecule has 0 aliphatic carbocycles. The Bertz CT molecular complexity index is 766. The lowest BCUT2D eigenvalue weighted by molar-refractivity contribution is 0.0696. The Morgan fingerprint density at radius 3 is 2.81 bits per heavy atom. The predicted octanol–water partition coefficient (Wildman–Crippen LogP) is 2.82. The summed E-state index contributed by atoms with van der Waals surface area (Å²) in [5.41, 5.74) is 1.85. The first-order chi connectivity index (χ1) is 10.3. The first-order valence-corrected chi connectivity index (χ1v) is 6.59. The van der Waals surface area contributed by atoms with E-state index in [0.717, 1.165) is 5.56 Å². The summed E-state index contributed by atoms with van der Waals surface area (Å²) in [4.78, 5) is 15.5. The zero-order valence-electron chi connectivity index (χ0n) is 11.2. The number of para-hydroxylation sites is 1. The molecule has 0 saturated carbocycles. The molecule has 0 atom stereocenters. The van der Waals surface area contributed by atoms with E-state index >= 15 is 0 Å². The van der Waals surface area contributed by atoms with Crippen molar-refractivity contribution in [3.05, 3.63) is 65.7 Å². The number of nitrogens with zero attached hydrogens (tertiary/aromatic N) is 1. The number of furan rings is 1. The second-order valence-corrected chi connectivity index (χ2v) is 4.67. The van der Waals surface area contributed by atoms with Crippen LogP contribution in [0.25, 0.3) is 11.0 Å². The summed E-state index contributed by atoms with van der Waals surface area (Å²) in [7, 11) is 0. The lowest BCUT2D eigenvalue weighted by Gasteiger charge is -2.03. The van der Waals surface area contributed by atoms with E-state index < -0.39 is 5.97 Å². The highest BCUT2D eigenvalue weighted by Gasteiger charge is 2.19. The van der Waals surface area contributed by atoms with Crippen LogP contribution in [-0.4, -0.2) is 16.1 Å². The van der Waals surface area contributed by atoms with Gasteiger partial charge in [0.2, 0.25) is 0 Å². The minimum Gasteiger partial charge on any atom is -0.478 e. The Labute approximate surface area is 121 Å². The molecule has 2 N–H and O–H groups in total. The van der Waals surface area contributed by atoms with Gasteiger partial charge >= 0.3 is 5.97 Å². The number of rotatable bonds is 5. The molecule has 1 aromatic carbocycles. The van der Waals surface area contributed by atoms with E-state index in [1.54, 1.807) is 30.6 Å². The van der Waals surface area contributed by atoms with Crippen LogP contribution in [0.1, 0.15) is 21.7 Å². The van der Waals surface area contributed by atoms with Gasteiger partial charge in [-0.1, -0.05) is 24.3 Å². The van der Waals surface area contributed by atoms with Crippen LogP contribution in [0, 0.1) is 0 Å².